The summed E-state index contributed by atoms with van der Waals surface area (Å²) in [5.41, 5.74) is 11.2. The van der Waals surface area contributed by atoms with Crippen LogP contribution in [0.4, 0.5) is 14.9 Å². The summed E-state index contributed by atoms with van der Waals surface area (Å²) >= 11 is 6.52. The maximum Gasteiger partial charge on any atom is 0.555 e. The second kappa shape index (κ2) is 16.3. The molecule has 11 N–H and O–H groups in total. The maximum absolute atomic E-state index is 15.2. The van der Waals surface area contributed by atoms with E-state index in [2.05, 4.69) is 16.1 Å². The van der Waals surface area contributed by atoms with Crippen molar-refractivity contribution in [3.8, 4) is 11.1 Å². The van der Waals surface area contributed by atoms with Crippen molar-refractivity contribution in [3.05, 3.63) is 95.6 Å². The van der Waals surface area contributed by atoms with Gasteiger partial charge in [-0.3, -0.25) is 15.3 Å². The van der Waals surface area contributed by atoms with E-state index in [1.54, 1.807) is 24.3 Å². The molecule has 1 aliphatic rings. The van der Waals surface area contributed by atoms with E-state index >= 15 is 4.39 Å². The molecule has 1 saturated heterocycles. The second-order valence-electron chi connectivity index (χ2n) is 10.6. The largest absolute Gasteiger partial charge is 0.555 e. The molecule has 0 aliphatic carbocycles. The van der Waals surface area contributed by atoms with Gasteiger partial charge in [0, 0.05) is 29.7 Å². The van der Waals surface area contributed by atoms with Gasteiger partial charge >= 0.3 is 26.8 Å². The highest BCUT2D eigenvalue weighted by atomic mass is 32.2. The number of hydrogen-bond donors (Lipinski definition) is 9. The Morgan fingerprint density at radius 2 is 1.83 bits per heavy atom. The highest BCUT2D eigenvalue weighted by Crippen LogP contribution is 2.61. The smallest absolute Gasteiger partial charge is 0.442 e. The molecule has 19 heteroatoms. The van der Waals surface area contributed by atoms with E-state index in [4.69, 9.17) is 28.5 Å². The topological polar surface area (TPSA) is 233 Å². The molecule has 2 unspecified atom stereocenters. The van der Waals surface area contributed by atoms with Crippen LogP contribution in [0, 0.1) is 5.82 Å². The monoisotopic (exact) mass is 739 g/mol. The number of thioether (sulfide) groups is 1. The molecule has 4 rings (SSSR count). The number of halogens is 1. The average molecular weight is 740 g/mol. The molecule has 0 radical (unpaired) electrons. The van der Waals surface area contributed by atoms with Crippen LogP contribution in [-0.4, -0.2) is 61.0 Å². The molecule has 3 aromatic carbocycles. The molecule has 0 aromatic heterocycles. The lowest BCUT2D eigenvalue weighted by molar-refractivity contribution is 0.143. The zero-order valence-corrected chi connectivity index (χ0v) is 28.6. The number of benzene rings is 3. The van der Waals surface area contributed by atoms with Crippen LogP contribution in [0.2, 0.25) is 0 Å². The molecule has 48 heavy (non-hydrogen) atoms. The van der Waals surface area contributed by atoms with Gasteiger partial charge in [-0.1, -0.05) is 60.4 Å². The Kier molecular flexibility index (Phi) is 12.7. The molecule has 1 aliphatic heterocycles. The molecular weight excluding hydrogens is 705 g/mol. The number of cyclic esters (lactones) is 1. The van der Waals surface area contributed by atoms with Crippen LogP contribution in [0.25, 0.3) is 11.1 Å². The Morgan fingerprint density at radius 3 is 2.42 bits per heavy atom. The van der Waals surface area contributed by atoms with Crippen molar-refractivity contribution in [2.75, 3.05) is 24.5 Å². The highest BCUT2D eigenvalue weighted by molar-refractivity contribution is 8.23. The Labute approximate surface area is 285 Å². The molecule has 3 aromatic rings. The predicted octanol–water partition coefficient (Wildman–Crippen LogP) is 2.94. The number of amides is 1. The van der Waals surface area contributed by atoms with Gasteiger partial charge < -0.3 is 41.4 Å². The van der Waals surface area contributed by atoms with Crippen LogP contribution in [0.15, 0.2) is 83.5 Å². The number of nitrogens with one attached hydrogen (secondary N) is 3. The lowest BCUT2D eigenvalue weighted by atomic mass is 10.0. The Morgan fingerprint density at radius 1 is 1.17 bits per heavy atom. The van der Waals surface area contributed by atoms with Crippen molar-refractivity contribution in [3.63, 3.8) is 0 Å². The van der Waals surface area contributed by atoms with Crippen molar-refractivity contribution in [2.45, 2.75) is 29.0 Å². The van der Waals surface area contributed by atoms with E-state index in [9.17, 15) is 33.7 Å². The predicted molar refractivity (Wildman–Crippen MR) is 184 cm³/mol. The lowest BCUT2D eigenvalue weighted by Gasteiger charge is -2.16. The third-order valence-electron chi connectivity index (χ3n) is 7.26. The van der Waals surface area contributed by atoms with Crippen LogP contribution in [-0.2, 0) is 26.8 Å². The van der Waals surface area contributed by atoms with Gasteiger partial charge in [-0.25, -0.2) is 9.18 Å². The van der Waals surface area contributed by atoms with Crippen molar-refractivity contribution in [1.29, 1.82) is 0 Å². The maximum atomic E-state index is 15.2. The molecule has 0 saturated carbocycles. The number of ether oxygens (including phenoxy) is 1. The minimum Gasteiger partial charge on any atom is -0.442 e. The highest BCUT2D eigenvalue weighted by Gasteiger charge is 2.62. The fraction of sp³-hybridized carbons (Fsp3) is 0.241. The summed E-state index contributed by atoms with van der Waals surface area (Å²) in [4.78, 5) is 42.5. The first-order valence-electron chi connectivity index (χ1n) is 14.2. The fourth-order valence-electron chi connectivity index (χ4n) is 4.62. The summed E-state index contributed by atoms with van der Waals surface area (Å²) < 4.78 is 44.0. The number of hydrazine groups is 1. The van der Waals surface area contributed by atoms with Crippen LogP contribution in [0.1, 0.15) is 11.1 Å². The van der Waals surface area contributed by atoms with Crippen molar-refractivity contribution < 1.29 is 42.8 Å². The van der Waals surface area contributed by atoms with Gasteiger partial charge in [0.15, 0.2) is 0 Å². The summed E-state index contributed by atoms with van der Waals surface area (Å²) in [5, 5.41) is 13.2. The Balaban J connectivity index is 1.28. The van der Waals surface area contributed by atoms with E-state index in [1.165, 1.54) is 29.3 Å². The van der Waals surface area contributed by atoms with E-state index in [0.717, 1.165) is 17.3 Å². The number of carbonyl (C=O) groups is 1. The minimum atomic E-state index is -5.30. The molecule has 1 amide bonds. The number of nitrogens with zero attached hydrogens (tertiary/aromatic N) is 1. The van der Waals surface area contributed by atoms with Gasteiger partial charge in [0.2, 0.25) is 0 Å². The minimum absolute atomic E-state index is 0.157. The van der Waals surface area contributed by atoms with E-state index < -0.39 is 45.1 Å². The van der Waals surface area contributed by atoms with Crippen LogP contribution in [0.5, 0.6) is 0 Å². The van der Waals surface area contributed by atoms with Crippen LogP contribution >= 0.6 is 39.6 Å². The van der Waals surface area contributed by atoms with Gasteiger partial charge in [0.1, 0.15) is 16.2 Å². The van der Waals surface area contributed by atoms with Crippen molar-refractivity contribution in [1.82, 2.24) is 16.1 Å². The molecule has 0 spiro atoms. The number of aliphatic hydroxyl groups is 1. The van der Waals surface area contributed by atoms with E-state index in [-0.39, 0.29) is 18.7 Å². The zero-order chi connectivity index (χ0) is 35.1. The second-order valence-corrected chi connectivity index (χ2v) is 15.8. The third-order valence-corrected chi connectivity index (χ3v) is 11.6. The molecule has 3 atom stereocenters. The van der Waals surface area contributed by atoms with Crippen LogP contribution in [0.3, 0.4) is 0 Å². The Hall–Kier alpha value is -3.47. The summed E-state index contributed by atoms with van der Waals surface area (Å²) in [7, 11) is -8.89. The number of nitrogens with two attached hydrogens (primary N) is 2. The number of thiocarbonyl (C=S) groups is 1. The summed E-state index contributed by atoms with van der Waals surface area (Å²) in [6.45, 7) is 1.35. The van der Waals surface area contributed by atoms with Gasteiger partial charge in [0.25, 0.3) is 0 Å². The number of rotatable bonds is 14. The van der Waals surface area contributed by atoms with E-state index in [0.29, 0.717) is 44.8 Å². The quantitative estimate of drug-likeness (QED) is 0.0380. The lowest BCUT2D eigenvalue weighted by Crippen LogP contribution is -2.32. The summed E-state index contributed by atoms with van der Waals surface area (Å²) in [5.74, 6) is 4.86. The molecule has 14 nitrogen and oxygen atoms in total. The normalized spacial score (nSPS) is 16.7. The SMILES string of the molecule is N/C=C(/CNCc1ccc(-c2ccc(N3C[C@H](CNC(=S)Sc4ccc(CC(O)([P+](=O)O)P(=O)(O)O)cc4)OC3=O)cc2F)cc1)NN. The third kappa shape index (κ3) is 9.36. The molecule has 1 heterocycles. The first kappa shape index (κ1) is 37.4. The first-order valence-corrected chi connectivity index (χ1v) is 18.2. The van der Waals surface area contributed by atoms with Gasteiger partial charge in [-0.15, -0.1) is 0 Å². The van der Waals surface area contributed by atoms with Crippen molar-refractivity contribution in [2.24, 2.45) is 11.6 Å². The average Bonchev–Trinajstić information content (AvgIpc) is 3.43. The fourth-order valence-corrected chi connectivity index (χ4v) is 7.23. The molecule has 0 bridgehead atoms. The first-order chi connectivity index (χ1) is 22.7. The Bertz CT molecular complexity index is 1730. The van der Waals surface area contributed by atoms with E-state index in [1.807, 2.05) is 24.3 Å². The summed E-state index contributed by atoms with van der Waals surface area (Å²) in [6, 6.07) is 17.9. The molecular formula is C29H34FN6O8P2S2+. The number of carbonyl (C=O) groups excluding carboxylic acids is 1. The number of hydrogen-bond acceptors (Lipinski definition) is 11. The molecule has 256 valence electrons. The number of anilines is 1. The van der Waals surface area contributed by atoms with Crippen molar-refractivity contribution >= 4 is 55.7 Å². The molecule has 1 fully saturated rings. The van der Waals surface area contributed by atoms with Gasteiger partial charge in [-0.2, -0.15) is 4.89 Å². The van der Waals surface area contributed by atoms with Crippen LogP contribution < -0.4 is 32.5 Å². The van der Waals surface area contributed by atoms with Gasteiger partial charge in [0.05, 0.1) is 30.9 Å². The zero-order valence-electron chi connectivity index (χ0n) is 25.2. The summed E-state index contributed by atoms with van der Waals surface area (Å²) in [6.07, 6.45) is -0.563. The standard InChI is InChI=1S/C29H33FN6O8P2S2/c30-26-11-22(7-10-25(26)20-5-1-19(2-6-20)14-33-15-21(13-31)35-32)36-17-23(44-28(36)37)16-34-27(47)48-24-8-3-18(4-9-24)12-29(38,45(39)40)46(41,42)43/h1-11,13,23,33,35,38H,12,14-17,31-32H2,(H3-,34,39,40,41,42,43,47)/p+1/b21-13-/t23-,29?/m0/s1. The van der Waals surface area contributed by atoms with Gasteiger partial charge in [-0.05, 0) is 51.6 Å².